The smallest absolute Gasteiger partial charge is 0.283 e. The van der Waals surface area contributed by atoms with E-state index in [2.05, 4.69) is 35.9 Å². The number of halogens is 1. The second-order valence-electron chi connectivity index (χ2n) is 5.31. The molecule has 3 aromatic heterocycles. The molecule has 0 atom stereocenters. The molecule has 0 amide bonds. The molecule has 0 fully saturated rings. The van der Waals surface area contributed by atoms with E-state index in [4.69, 9.17) is 5.73 Å². The molecule has 8 heteroatoms. The minimum Gasteiger partial charge on any atom is -0.368 e. The van der Waals surface area contributed by atoms with Crippen LogP contribution in [-0.2, 0) is 0 Å². The number of hydrogen-bond donors (Lipinski definition) is 1. The zero-order chi connectivity index (χ0) is 16.8. The molecule has 0 bridgehead atoms. The third-order valence-electron chi connectivity index (χ3n) is 3.73. The van der Waals surface area contributed by atoms with Gasteiger partial charge in [-0.25, -0.2) is 19.5 Å². The normalized spacial score (nSPS) is 11.2. The summed E-state index contributed by atoms with van der Waals surface area (Å²) < 4.78 is 1.77. The van der Waals surface area contributed by atoms with Crippen LogP contribution in [-0.4, -0.2) is 30.4 Å². The van der Waals surface area contributed by atoms with Crippen LogP contribution in [0.4, 0.5) is 5.95 Å². The van der Waals surface area contributed by atoms with Gasteiger partial charge in [-0.3, -0.25) is 4.79 Å². The number of hydrogen-bond acceptors (Lipinski definition) is 6. The number of aromatic nitrogens is 5. The van der Waals surface area contributed by atoms with Crippen molar-refractivity contribution < 1.29 is 4.79 Å². The van der Waals surface area contributed by atoms with Gasteiger partial charge in [-0.05, 0) is 40.5 Å². The van der Waals surface area contributed by atoms with Crippen molar-refractivity contribution in [3.8, 4) is 0 Å². The molecule has 24 heavy (non-hydrogen) atoms. The Morgan fingerprint density at radius 3 is 2.83 bits per heavy atom. The highest BCUT2D eigenvalue weighted by Gasteiger charge is 2.18. The Morgan fingerprint density at radius 1 is 1.21 bits per heavy atom. The minimum absolute atomic E-state index is 0.0616. The van der Waals surface area contributed by atoms with Gasteiger partial charge in [-0.15, -0.1) is 0 Å². The summed E-state index contributed by atoms with van der Waals surface area (Å²) in [6.07, 6.45) is 1.40. The number of rotatable bonds is 1. The van der Waals surface area contributed by atoms with Crippen LogP contribution in [0.5, 0.6) is 0 Å². The number of anilines is 1. The van der Waals surface area contributed by atoms with Crippen LogP contribution in [0.15, 0.2) is 41.3 Å². The fraction of sp³-hybridized carbons (Fsp3) is 0.0625. The number of carbonyl (C=O) groups excluding carboxylic acids is 1. The molecule has 0 spiro atoms. The summed E-state index contributed by atoms with van der Waals surface area (Å²) in [5.41, 5.74) is 8.54. The highest BCUT2D eigenvalue weighted by atomic mass is 79.9. The van der Waals surface area contributed by atoms with Gasteiger partial charge in [-0.2, -0.15) is 4.98 Å². The molecule has 0 radical (unpaired) electrons. The lowest BCUT2D eigenvalue weighted by Crippen LogP contribution is -2.14. The van der Waals surface area contributed by atoms with Crippen LogP contribution < -0.4 is 5.73 Å². The monoisotopic (exact) mass is 382 g/mol. The summed E-state index contributed by atoms with van der Waals surface area (Å²) >= 11 is 3.28. The fourth-order valence-corrected chi connectivity index (χ4v) is 3.07. The predicted molar refractivity (Wildman–Crippen MR) is 93.6 cm³/mol. The lowest BCUT2D eigenvalue weighted by atomic mass is 10.1. The van der Waals surface area contributed by atoms with Gasteiger partial charge in [0.1, 0.15) is 22.1 Å². The molecule has 0 aliphatic rings. The van der Waals surface area contributed by atoms with Gasteiger partial charge >= 0.3 is 0 Å². The Labute approximate surface area is 144 Å². The zero-order valence-electron chi connectivity index (χ0n) is 12.6. The number of imidazole rings is 1. The first-order chi connectivity index (χ1) is 11.5. The Balaban J connectivity index is 1.91. The third-order valence-corrected chi connectivity index (χ3v) is 4.28. The number of nitrogens with two attached hydrogens (primary N) is 1. The maximum atomic E-state index is 12.9. The maximum absolute atomic E-state index is 12.9. The van der Waals surface area contributed by atoms with E-state index in [-0.39, 0.29) is 11.9 Å². The van der Waals surface area contributed by atoms with Crippen LogP contribution in [0.3, 0.4) is 0 Å². The summed E-state index contributed by atoms with van der Waals surface area (Å²) in [5.74, 6) is -0.261. The number of pyridine rings is 1. The van der Waals surface area contributed by atoms with E-state index in [0.717, 1.165) is 16.5 Å². The SMILES string of the molecule is Cc1cc(C(=O)n2cnc3c(Br)nc(N)nc32)nc2ccccc12. The van der Waals surface area contributed by atoms with E-state index < -0.39 is 0 Å². The lowest BCUT2D eigenvalue weighted by Gasteiger charge is -2.06. The summed E-state index contributed by atoms with van der Waals surface area (Å²) in [4.78, 5) is 29.6. The summed E-state index contributed by atoms with van der Waals surface area (Å²) in [5, 5.41) is 1.01. The van der Waals surface area contributed by atoms with Crippen molar-refractivity contribution in [3.63, 3.8) is 0 Å². The molecule has 4 aromatic rings. The highest BCUT2D eigenvalue weighted by molar-refractivity contribution is 9.10. The Morgan fingerprint density at radius 2 is 2.00 bits per heavy atom. The topological polar surface area (TPSA) is 99.6 Å². The third kappa shape index (κ3) is 2.23. The van der Waals surface area contributed by atoms with Gasteiger partial charge in [0.05, 0.1) is 5.52 Å². The number of para-hydroxylation sites is 1. The van der Waals surface area contributed by atoms with Crippen molar-refractivity contribution in [1.29, 1.82) is 0 Å². The Kier molecular flexibility index (Phi) is 3.27. The number of aryl methyl sites for hydroxylation is 1. The molecule has 2 N–H and O–H groups in total. The first-order valence-electron chi connectivity index (χ1n) is 7.12. The summed E-state index contributed by atoms with van der Waals surface area (Å²) in [7, 11) is 0. The summed E-state index contributed by atoms with van der Waals surface area (Å²) in [6.45, 7) is 1.95. The van der Waals surface area contributed by atoms with Crippen molar-refractivity contribution in [2.45, 2.75) is 6.92 Å². The molecule has 0 aliphatic carbocycles. The van der Waals surface area contributed by atoms with Gasteiger partial charge in [0.2, 0.25) is 5.95 Å². The van der Waals surface area contributed by atoms with Crippen molar-refractivity contribution in [2.24, 2.45) is 0 Å². The van der Waals surface area contributed by atoms with Crippen molar-refractivity contribution >= 4 is 49.9 Å². The maximum Gasteiger partial charge on any atom is 0.283 e. The summed E-state index contributed by atoms with van der Waals surface area (Å²) in [6, 6.07) is 9.45. The number of carbonyl (C=O) groups is 1. The molecule has 0 saturated carbocycles. The Bertz CT molecular complexity index is 1120. The second kappa shape index (κ2) is 5.34. The van der Waals surface area contributed by atoms with Gasteiger partial charge in [0.25, 0.3) is 5.91 Å². The lowest BCUT2D eigenvalue weighted by molar-refractivity contribution is 0.0959. The molecule has 0 saturated heterocycles. The number of nitrogen functional groups attached to an aromatic ring is 1. The van der Waals surface area contributed by atoms with Crippen LogP contribution in [0.2, 0.25) is 0 Å². The average molecular weight is 383 g/mol. The largest absolute Gasteiger partial charge is 0.368 e. The molecule has 0 unspecified atom stereocenters. The molecular weight excluding hydrogens is 372 g/mol. The van der Waals surface area contributed by atoms with Gasteiger partial charge in [0, 0.05) is 5.39 Å². The zero-order valence-corrected chi connectivity index (χ0v) is 14.1. The van der Waals surface area contributed by atoms with E-state index in [9.17, 15) is 4.79 Å². The van der Waals surface area contributed by atoms with Crippen LogP contribution in [0.25, 0.3) is 22.1 Å². The van der Waals surface area contributed by atoms with Gasteiger partial charge in [-0.1, -0.05) is 18.2 Å². The average Bonchev–Trinajstić information content (AvgIpc) is 2.98. The molecule has 3 heterocycles. The molecular formula is C16H11BrN6O. The minimum atomic E-state index is -0.323. The molecule has 118 valence electrons. The fourth-order valence-electron chi connectivity index (χ4n) is 2.61. The van der Waals surface area contributed by atoms with Crippen LogP contribution in [0.1, 0.15) is 16.1 Å². The van der Waals surface area contributed by atoms with Crippen molar-refractivity contribution in [3.05, 3.63) is 52.5 Å². The molecule has 0 aliphatic heterocycles. The molecule has 1 aromatic carbocycles. The van der Waals surface area contributed by atoms with E-state index in [1.165, 1.54) is 10.9 Å². The standard InChI is InChI=1S/C16H11BrN6O/c1-8-6-11(20-10-5-3-2-4-9(8)10)15(24)23-7-19-12-13(17)21-16(18)22-14(12)23/h2-7H,1H3,(H2,18,21,22). The first-order valence-corrected chi connectivity index (χ1v) is 7.91. The number of benzene rings is 1. The van der Waals surface area contributed by atoms with Gasteiger partial charge in [0.15, 0.2) is 5.65 Å². The van der Waals surface area contributed by atoms with E-state index >= 15 is 0 Å². The van der Waals surface area contributed by atoms with E-state index in [1.807, 2.05) is 31.2 Å². The molecule has 7 nitrogen and oxygen atoms in total. The quantitative estimate of drug-likeness (QED) is 0.508. The van der Waals surface area contributed by atoms with E-state index in [0.29, 0.717) is 21.5 Å². The first kappa shape index (κ1) is 14.7. The highest BCUT2D eigenvalue weighted by Crippen LogP contribution is 2.22. The molecule has 4 rings (SSSR count). The van der Waals surface area contributed by atoms with Crippen LogP contribution >= 0.6 is 15.9 Å². The van der Waals surface area contributed by atoms with Crippen LogP contribution in [0, 0.1) is 6.92 Å². The second-order valence-corrected chi connectivity index (χ2v) is 6.06. The number of nitrogens with zero attached hydrogens (tertiary/aromatic N) is 5. The number of fused-ring (bicyclic) bond motifs is 2. The van der Waals surface area contributed by atoms with Crippen molar-refractivity contribution in [1.82, 2.24) is 24.5 Å². The Hall–Kier alpha value is -2.87. The van der Waals surface area contributed by atoms with E-state index in [1.54, 1.807) is 6.07 Å². The van der Waals surface area contributed by atoms with Crippen molar-refractivity contribution in [2.75, 3.05) is 5.73 Å². The predicted octanol–water partition coefficient (Wildman–Crippen LogP) is 2.72. The van der Waals surface area contributed by atoms with Gasteiger partial charge < -0.3 is 5.73 Å².